The van der Waals surface area contributed by atoms with Crippen molar-refractivity contribution < 1.29 is 9.53 Å². The fourth-order valence-corrected chi connectivity index (χ4v) is 2.99. The summed E-state index contributed by atoms with van der Waals surface area (Å²) in [6.07, 6.45) is 0.848. The highest BCUT2D eigenvalue weighted by atomic mass is 16.5. The molecule has 0 bridgehead atoms. The maximum absolute atomic E-state index is 12.8. The van der Waals surface area contributed by atoms with Gasteiger partial charge in [0.05, 0.1) is 18.3 Å². The topological polar surface area (TPSA) is 70.8 Å². The molecule has 2 N–H and O–H groups in total. The maximum atomic E-state index is 12.8. The highest BCUT2D eigenvalue weighted by molar-refractivity contribution is 6.11. The Morgan fingerprint density at radius 2 is 2.04 bits per heavy atom. The van der Waals surface area contributed by atoms with Crippen molar-refractivity contribution in [2.24, 2.45) is 0 Å². The van der Waals surface area contributed by atoms with Crippen molar-refractivity contribution in [2.75, 3.05) is 7.11 Å². The van der Waals surface area contributed by atoms with Gasteiger partial charge in [-0.25, -0.2) is 0 Å². The molecular weight excluding hydrogens is 302 g/mol. The van der Waals surface area contributed by atoms with Gasteiger partial charge in [-0.05, 0) is 48.9 Å². The van der Waals surface area contributed by atoms with Crippen LogP contribution in [0.1, 0.15) is 28.7 Å². The first-order valence-electron chi connectivity index (χ1n) is 7.88. The Labute approximate surface area is 138 Å². The zero-order valence-electron chi connectivity index (χ0n) is 13.5. The summed E-state index contributed by atoms with van der Waals surface area (Å²) in [5.41, 5.74) is 4.06. The van der Waals surface area contributed by atoms with Crippen LogP contribution in [0.5, 0.6) is 5.75 Å². The minimum atomic E-state index is -0.0321. The Hall–Kier alpha value is -3.08. The van der Waals surface area contributed by atoms with Gasteiger partial charge in [-0.1, -0.05) is 6.92 Å². The molecule has 4 rings (SSSR count). The SMILES string of the molecule is CCc1[nH]nc2ccc(C(=O)c3cc4cc(OC)ccc4[nH]3)cc12. The molecule has 4 aromatic rings. The van der Waals surface area contributed by atoms with Crippen LogP contribution in [-0.2, 0) is 6.42 Å². The summed E-state index contributed by atoms with van der Waals surface area (Å²) in [6, 6.07) is 13.2. The molecule has 0 saturated heterocycles. The lowest BCUT2D eigenvalue weighted by atomic mass is 10.0. The number of nitrogens with zero attached hydrogens (tertiary/aromatic N) is 1. The number of hydrogen-bond donors (Lipinski definition) is 2. The van der Waals surface area contributed by atoms with E-state index >= 15 is 0 Å². The Kier molecular flexibility index (Phi) is 3.34. The number of aryl methyl sites for hydroxylation is 1. The Bertz CT molecular complexity index is 1060. The number of fused-ring (bicyclic) bond motifs is 2. The van der Waals surface area contributed by atoms with Crippen LogP contribution in [-0.4, -0.2) is 28.1 Å². The van der Waals surface area contributed by atoms with E-state index in [-0.39, 0.29) is 5.78 Å². The number of H-pyrrole nitrogens is 2. The quantitative estimate of drug-likeness (QED) is 0.561. The van der Waals surface area contributed by atoms with Crippen molar-refractivity contribution in [3.63, 3.8) is 0 Å². The van der Waals surface area contributed by atoms with Gasteiger partial charge in [-0.15, -0.1) is 0 Å². The molecule has 2 aromatic heterocycles. The lowest BCUT2D eigenvalue weighted by molar-refractivity contribution is 0.103. The fraction of sp³-hybridized carbons (Fsp3) is 0.158. The predicted octanol–water partition coefficient (Wildman–Crippen LogP) is 3.85. The summed E-state index contributed by atoms with van der Waals surface area (Å²) in [4.78, 5) is 16.0. The van der Waals surface area contributed by atoms with Crippen molar-refractivity contribution in [1.29, 1.82) is 0 Å². The van der Waals surface area contributed by atoms with E-state index in [0.717, 1.165) is 39.7 Å². The Balaban J connectivity index is 1.77. The first kappa shape index (κ1) is 14.5. The van der Waals surface area contributed by atoms with Gasteiger partial charge >= 0.3 is 0 Å². The number of carbonyl (C=O) groups is 1. The Morgan fingerprint density at radius 3 is 2.83 bits per heavy atom. The van der Waals surface area contributed by atoms with Gasteiger partial charge in [0.25, 0.3) is 0 Å². The average molecular weight is 319 g/mol. The van der Waals surface area contributed by atoms with Crippen molar-refractivity contribution >= 4 is 27.6 Å². The molecule has 0 saturated carbocycles. The molecule has 0 fully saturated rings. The second-order valence-corrected chi connectivity index (χ2v) is 5.75. The zero-order chi connectivity index (χ0) is 16.7. The van der Waals surface area contributed by atoms with Crippen molar-refractivity contribution in [3.05, 3.63) is 59.4 Å². The van der Waals surface area contributed by atoms with Crippen LogP contribution in [0, 0.1) is 0 Å². The third-order valence-corrected chi connectivity index (χ3v) is 4.32. The van der Waals surface area contributed by atoms with Gasteiger partial charge in [0.2, 0.25) is 5.78 Å². The number of ketones is 1. The summed E-state index contributed by atoms with van der Waals surface area (Å²) in [7, 11) is 1.63. The smallest absolute Gasteiger partial charge is 0.209 e. The van der Waals surface area contributed by atoms with E-state index in [1.807, 2.05) is 42.5 Å². The van der Waals surface area contributed by atoms with E-state index in [4.69, 9.17) is 4.74 Å². The van der Waals surface area contributed by atoms with E-state index in [1.54, 1.807) is 7.11 Å². The van der Waals surface area contributed by atoms with Crippen LogP contribution in [0.3, 0.4) is 0 Å². The van der Waals surface area contributed by atoms with Crippen LogP contribution in [0.4, 0.5) is 0 Å². The molecule has 0 unspecified atom stereocenters. The number of nitrogens with one attached hydrogen (secondary N) is 2. The van der Waals surface area contributed by atoms with E-state index in [9.17, 15) is 4.79 Å². The number of ether oxygens (including phenoxy) is 1. The molecule has 0 spiro atoms. The number of benzene rings is 2. The van der Waals surface area contributed by atoms with Gasteiger partial charge in [-0.3, -0.25) is 9.89 Å². The standard InChI is InChI=1S/C19H17N3O2/c1-3-15-14-9-11(4-6-17(14)22-21-15)19(23)18-10-12-8-13(24-2)5-7-16(12)20-18/h4-10,20H,3H2,1-2H3,(H,21,22). The van der Waals surface area contributed by atoms with Crippen molar-refractivity contribution in [3.8, 4) is 5.75 Å². The van der Waals surface area contributed by atoms with Gasteiger partial charge < -0.3 is 9.72 Å². The molecule has 5 nitrogen and oxygen atoms in total. The minimum Gasteiger partial charge on any atom is -0.497 e. The molecular formula is C19H17N3O2. The normalized spacial score (nSPS) is 11.2. The van der Waals surface area contributed by atoms with Crippen LogP contribution in [0.25, 0.3) is 21.8 Å². The molecule has 0 aliphatic heterocycles. The summed E-state index contributed by atoms with van der Waals surface area (Å²) in [5, 5.41) is 9.23. The van der Waals surface area contributed by atoms with Crippen LogP contribution in [0.2, 0.25) is 0 Å². The van der Waals surface area contributed by atoms with E-state index < -0.39 is 0 Å². The average Bonchev–Trinajstić information content (AvgIpc) is 3.23. The number of methoxy groups -OCH3 is 1. The highest BCUT2D eigenvalue weighted by Crippen LogP contribution is 2.24. The van der Waals surface area contributed by atoms with E-state index in [0.29, 0.717) is 11.3 Å². The largest absolute Gasteiger partial charge is 0.497 e. The maximum Gasteiger partial charge on any atom is 0.209 e. The van der Waals surface area contributed by atoms with Gasteiger partial charge in [0.15, 0.2) is 0 Å². The van der Waals surface area contributed by atoms with Crippen LogP contribution >= 0.6 is 0 Å². The molecule has 2 heterocycles. The molecule has 120 valence electrons. The molecule has 0 radical (unpaired) electrons. The second-order valence-electron chi connectivity index (χ2n) is 5.75. The summed E-state index contributed by atoms with van der Waals surface area (Å²) in [5.74, 6) is 0.739. The van der Waals surface area contributed by atoms with Gasteiger partial charge in [-0.2, -0.15) is 5.10 Å². The minimum absolute atomic E-state index is 0.0321. The third kappa shape index (κ3) is 2.25. The number of rotatable bonds is 4. The number of carbonyl (C=O) groups excluding carboxylic acids is 1. The van der Waals surface area contributed by atoms with Crippen LogP contribution < -0.4 is 4.74 Å². The lowest BCUT2D eigenvalue weighted by Crippen LogP contribution is -2.01. The summed E-state index contributed by atoms with van der Waals surface area (Å²) >= 11 is 0. The van der Waals surface area contributed by atoms with Crippen molar-refractivity contribution in [1.82, 2.24) is 15.2 Å². The highest BCUT2D eigenvalue weighted by Gasteiger charge is 2.14. The molecule has 2 aromatic carbocycles. The van der Waals surface area contributed by atoms with E-state index in [1.165, 1.54) is 0 Å². The monoisotopic (exact) mass is 319 g/mol. The first-order valence-corrected chi connectivity index (χ1v) is 7.88. The summed E-state index contributed by atoms with van der Waals surface area (Å²) < 4.78 is 5.23. The first-order chi connectivity index (χ1) is 11.7. The van der Waals surface area contributed by atoms with Gasteiger partial charge in [0.1, 0.15) is 5.75 Å². The predicted molar refractivity (Wildman–Crippen MR) is 93.8 cm³/mol. The summed E-state index contributed by atoms with van der Waals surface area (Å²) in [6.45, 7) is 2.06. The fourth-order valence-electron chi connectivity index (χ4n) is 2.99. The molecule has 5 heteroatoms. The second kappa shape index (κ2) is 5.53. The third-order valence-electron chi connectivity index (χ3n) is 4.32. The zero-order valence-corrected chi connectivity index (χ0v) is 13.5. The van der Waals surface area contributed by atoms with Crippen LogP contribution in [0.15, 0.2) is 42.5 Å². The van der Waals surface area contributed by atoms with Crippen molar-refractivity contribution in [2.45, 2.75) is 13.3 Å². The molecule has 0 aliphatic carbocycles. The molecule has 0 amide bonds. The van der Waals surface area contributed by atoms with Gasteiger partial charge in [0, 0.05) is 27.5 Å². The molecule has 24 heavy (non-hydrogen) atoms. The number of aromatic nitrogens is 3. The Morgan fingerprint density at radius 1 is 1.17 bits per heavy atom. The molecule has 0 aliphatic rings. The lowest BCUT2D eigenvalue weighted by Gasteiger charge is -2.00. The van der Waals surface area contributed by atoms with E-state index in [2.05, 4.69) is 22.1 Å². The molecule has 0 atom stereocenters. The number of hydrogen-bond acceptors (Lipinski definition) is 3. The number of aromatic amines is 2.